The maximum Gasteiger partial charge on any atom is 0.186 e. The van der Waals surface area contributed by atoms with Gasteiger partial charge in [0.1, 0.15) is 11.5 Å². The summed E-state index contributed by atoms with van der Waals surface area (Å²) in [7, 11) is 0. The van der Waals surface area contributed by atoms with Gasteiger partial charge in [0.25, 0.3) is 0 Å². The van der Waals surface area contributed by atoms with Gasteiger partial charge in [-0.05, 0) is 35.9 Å². The Morgan fingerprint density at radius 2 is 1.88 bits per heavy atom. The Hall–Kier alpha value is -3.19. The van der Waals surface area contributed by atoms with E-state index in [1.807, 2.05) is 48.5 Å². The molecule has 0 fully saturated rings. The number of hydrogen-bond donors (Lipinski definition) is 5. The van der Waals surface area contributed by atoms with Crippen LogP contribution in [0.25, 0.3) is 0 Å². The van der Waals surface area contributed by atoms with E-state index >= 15 is 0 Å². The van der Waals surface area contributed by atoms with Gasteiger partial charge in [0.2, 0.25) is 0 Å². The zero-order valence-electron chi connectivity index (χ0n) is 13.3. The number of guanidine groups is 1. The number of nitrogens with two attached hydrogens (primary N) is 2. The molecule has 0 radical (unpaired) electrons. The summed E-state index contributed by atoms with van der Waals surface area (Å²) in [5, 5.41) is 14.2. The van der Waals surface area contributed by atoms with Crippen molar-refractivity contribution in [1.82, 2.24) is 10.2 Å². The number of H-pyrrole nitrogens is 1. The second-order valence-corrected chi connectivity index (χ2v) is 5.79. The quantitative estimate of drug-likeness (QED) is 0.343. The average molecular weight is 356 g/mol. The van der Waals surface area contributed by atoms with E-state index in [0.717, 1.165) is 28.4 Å². The lowest BCUT2D eigenvalue weighted by Crippen LogP contribution is -2.22. The first kappa shape index (κ1) is 16.7. The van der Waals surface area contributed by atoms with Gasteiger partial charge in [-0.15, -0.1) is 0 Å². The molecule has 0 aliphatic heterocycles. The van der Waals surface area contributed by atoms with Crippen LogP contribution in [0.1, 0.15) is 5.56 Å². The van der Waals surface area contributed by atoms with Crippen molar-refractivity contribution in [3.63, 3.8) is 0 Å². The fourth-order valence-electron chi connectivity index (χ4n) is 2.22. The third-order valence-corrected chi connectivity index (χ3v) is 3.65. The summed E-state index contributed by atoms with van der Waals surface area (Å²) in [4.78, 5) is 3.98. The van der Waals surface area contributed by atoms with E-state index in [4.69, 9.17) is 23.1 Å². The number of benzene rings is 2. The maximum atomic E-state index is 6.01. The number of anilines is 4. The Labute approximate surface area is 150 Å². The molecule has 0 saturated carbocycles. The molecule has 0 bridgehead atoms. The van der Waals surface area contributed by atoms with E-state index in [-0.39, 0.29) is 5.96 Å². The van der Waals surface area contributed by atoms with E-state index in [9.17, 15) is 0 Å². The van der Waals surface area contributed by atoms with Crippen LogP contribution < -0.4 is 22.1 Å². The highest BCUT2D eigenvalue weighted by atomic mass is 35.5. The Morgan fingerprint density at radius 3 is 2.60 bits per heavy atom. The summed E-state index contributed by atoms with van der Waals surface area (Å²) in [6.07, 6.45) is 1.70. The summed E-state index contributed by atoms with van der Waals surface area (Å²) in [5.74, 6) is 0.827. The van der Waals surface area contributed by atoms with Crippen LogP contribution in [0.3, 0.4) is 0 Å². The van der Waals surface area contributed by atoms with Gasteiger partial charge in [0, 0.05) is 16.4 Å². The third kappa shape index (κ3) is 4.65. The lowest BCUT2D eigenvalue weighted by molar-refractivity contribution is 1.05. The van der Waals surface area contributed by atoms with Crippen molar-refractivity contribution in [1.29, 1.82) is 0 Å². The van der Waals surface area contributed by atoms with Crippen molar-refractivity contribution in [3.05, 3.63) is 65.3 Å². The number of rotatable bonds is 6. The number of aliphatic imine (C=N–C) groups is 1. The highest BCUT2D eigenvalue weighted by Gasteiger charge is 2.06. The van der Waals surface area contributed by atoms with E-state index < -0.39 is 0 Å². The van der Waals surface area contributed by atoms with Crippen molar-refractivity contribution in [3.8, 4) is 0 Å². The molecule has 0 saturated heterocycles. The van der Waals surface area contributed by atoms with Crippen LogP contribution in [0.2, 0.25) is 5.02 Å². The number of aromatic amines is 1. The van der Waals surface area contributed by atoms with Crippen molar-refractivity contribution in [2.24, 2.45) is 16.5 Å². The normalized spacial score (nSPS) is 10.3. The number of aromatic nitrogens is 2. The number of halogens is 1. The molecule has 1 aromatic heterocycles. The standard InChI is InChI=1S/C17H18ClN7/c18-12-2-1-3-14(8-12)23-15-10-22-25-16(15)24-13-6-4-11(5-7-13)9-21-17(19)20/h1-8,10,23H,9H2,(H4,19,20,21)(H2,22,24,25). The fraction of sp³-hybridized carbons (Fsp3) is 0.0588. The summed E-state index contributed by atoms with van der Waals surface area (Å²) in [6, 6.07) is 15.3. The van der Waals surface area contributed by atoms with Crippen LogP contribution in [0, 0.1) is 0 Å². The smallest absolute Gasteiger partial charge is 0.186 e. The molecule has 0 unspecified atom stereocenters. The molecule has 0 amide bonds. The zero-order chi connectivity index (χ0) is 17.6. The minimum absolute atomic E-state index is 0.0800. The minimum Gasteiger partial charge on any atom is -0.370 e. The largest absolute Gasteiger partial charge is 0.370 e. The number of nitrogens with one attached hydrogen (secondary N) is 3. The lowest BCUT2D eigenvalue weighted by Gasteiger charge is -2.10. The SMILES string of the molecule is NC(N)=NCc1ccc(Nc2[nH]ncc2Nc2cccc(Cl)c2)cc1. The fourth-order valence-corrected chi connectivity index (χ4v) is 2.41. The first-order chi connectivity index (χ1) is 12.1. The molecule has 0 spiro atoms. The lowest BCUT2D eigenvalue weighted by atomic mass is 10.2. The number of hydrogen-bond acceptors (Lipinski definition) is 4. The maximum absolute atomic E-state index is 6.01. The van der Waals surface area contributed by atoms with Gasteiger partial charge in [-0.2, -0.15) is 5.10 Å². The van der Waals surface area contributed by atoms with Gasteiger partial charge in [-0.1, -0.05) is 29.8 Å². The molecule has 1 heterocycles. The highest BCUT2D eigenvalue weighted by molar-refractivity contribution is 6.30. The van der Waals surface area contributed by atoms with Gasteiger partial charge in [-0.3, -0.25) is 5.10 Å². The summed E-state index contributed by atoms with van der Waals surface area (Å²) < 4.78 is 0. The molecular weight excluding hydrogens is 338 g/mol. The van der Waals surface area contributed by atoms with Crippen molar-refractivity contribution >= 4 is 40.4 Å². The summed E-state index contributed by atoms with van der Waals surface area (Å²) in [5.41, 5.74) is 14.3. The molecule has 8 heteroatoms. The predicted molar refractivity (Wildman–Crippen MR) is 103 cm³/mol. The minimum atomic E-state index is 0.0800. The van der Waals surface area contributed by atoms with Gasteiger partial charge in [-0.25, -0.2) is 4.99 Å². The zero-order valence-corrected chi connectivity index (χ0v) is 14.1. The van der Waals surface area contributed by atoms with Crippen LogP contribution >= 0.6 is 11.6 Å². The highest BCUT2D eigenvalue weighted by Crippen LogP contribution is 2.27. The molecule has 128 valence electrons. The Balaban J connectivity index is 1.69. The van der Waals surface area contributed by atoms with Crippen molar-refractivity contribution in [2.75, 3.05) is 10.6 Å². The summed E-state index contributed by atoms with van der Waals surface area (Å²) in [6.45, 7) is 0.453. The number of nitrogens with zero attached hydrogens (tertiary/aromatic N) is 2. The molecule has 0 aliphatic carbocycles. The van der Waals surface area contributed by atoms with Gasteiger partial charge in [0.05, 0.1) is 12.7 Å². The second kappa shape index (κ2) is 7.59. The first-order valence-electron chi connectivity index (χ1n) is 7.57. The predicted octanol–water partition coefficient (Wildman–Crippen LogP) is 3.32. The van der Waals surface area contributed by atoms with Crippen molar-refractivity contribution in [2.45, 2.75) is 6.54 Å². The van der Waals surface area contributed by atoms with Crippen LogP contribution in [0.4, 0.5) is 22.9 Å². The van der Waals surface area contributed by atoms with Gasteiger partial charge in [0.15, 0.2) is 5.96 Å². The van der Waals surface area contributed by atoms with E-state index in [2.05, 4.69) is 25.8 Å². The second-order valence-electron chi connectivity index (χ2n) is 5.36. The van der Waals surface area contributed by atoms with Crippen LogP contribution in [-0.4, -0.2) is 16.2 Å². The van der Waals surface area contributed by atoms with Gasteiger partial charge >= 0.3 is 0 Å². The molecule has 7 nitrogen and oxygen atoms in total. The molecule has 0 aliphatic rings. The van der Waals surface area contributed by atoms with E-state index in [1.54, 1.807) is 6.20 Å². The van der Waals surface area contributed by atoms with E-state index in [0.29, 0.717) is 11.6 Å². The third-order valence-electron chi connectivity index (χ3n) is 3.41. The molecule has 3 aromatic rings. The molecular formula is C17H18ClN7. The van der Waals surface area contributed by atoms with Gasteiger partial charge < -0.3 is 22.1 Å². The van der Waals surface area contributed by atoms with Crippen LogP contribution in [0.15, 0.2) is 59.7 Å². The summed E-state index contributed by atoms with van der Waals surface area (Å²) >= 11 is 6.01. The Kier molecular flexibility index (Phi) is 5.06. The molecule has 2 aromatic carbocycles. The van der Waals surface area contributed by atoms with Crippen LogP contribution in [-0.2, 0) is 6.54 Å². The van der Waals surface area contributed by atoms with Crippen molar-refractivity contribution < 1.29 is 0 Å². The monoisotopic (exact) mass is 355 g/mol. The van der Waals surface area contributed by atoms with Crippen LogP contribution in [0.5, 0.6) is 0 Å². The van der Waals surface area contributed by atoms with E-state index in [1.165, 1.54) is 0 Å². The molecule has 0 atom stereocenters. The molecule has 3 rings (SSSR count). The molecule has 7 N–H and O–H groups in total. The topological polar surface area (TPSA) is 117 Å². The Bertz CT molecular complexity index is 867. The average Bonchev–Trinajstić information content (AvgIpc) is 3.01. The molecule has 25 heavy (non-hydrogen) atoms. The Morgan fingerprint density at radius 1 is 1.08 bits per heavy atom. The first-order valence-corrected chi connectivity index (χ1v) is 7.95.